The van der Waals surface area contributed by atoms with E-state index in [0.29, 0.717) is 10.7 Å². The van der Waals surface area contributed by atoms with Crippen LogP contribution in [0.4, 0.5) is 5.69 Å². The molecule has 2 aromatic rings. The molecule has 2 N–H and O–H groups in total. The minimum absolute atomic E-state index is 0.0991. The van der Waals surface area contributed by atoms with Crippen molar-refractivity contribution in [2.75, 3.05) is 11.9 Å². The predicted molar refractivity (Wildman–Crippen MR) is 82.3 cm³/mol. The van der Waals surface area contributed by atoms with Gasteiger partial charge in [-0.1, -0.05) is 41.9 Å². The first-order valence-corrected chi connectivity index (χ1v) is 6.76. The number of para-hydroxylation sites is 1. The summed E-state index contributed by atoms with van der Waals surface area (Å²) in [5.74, 6) is -0.877. The van der Waals surface area contributed by atoms with Crippen molar-refractivity contribution in [1.29, 1.82) is 0 Å². The highest BCUT2D eigenvalue weighted by Gasteiger charge is 2.43. The molecule has 2 rings (SSSR count). The number of halogens is 1. The number of nitrogens with one attached hydrogen (secondary N) is 1. The van der Waals surface area contributed by atoms with Crippen molar-refractivity contribution in [3.05, 3.63) is 75.3 Å². The maximum Gasteiger partial charge on any atom is 0.268 e. The zero-order chi connectivity index (χ0) is 16.2. The third-order valence-electron chi connectivity index (χ3n) is 3.09. The Hall–Kier alpha value is -2.44. The molecule has 0 saturated heterocycles. The molecule has 0 spiro atoms. The van der Waals surface area contributed by atoms with Crippen LogP contribution >= 0.6 is 11.6 Å². The van der Waals surface area contributed by atoms with E-state index in [9.17, 15) is 20.0 Å². The molecule has 1 amide bonds. The van der Waals surface area contributed by atoms with Crippen LogP contribution in [0.2, 0.25) is 5.02 Å². The third-order valence-corrected chi connectivity index (χ3v) is 3.34. The van der Waals surface area contributed by atoms with Gasteiger partial charge in [-0.25, -0.2) is 0 Å². The molecule has 0 fully saturated rings. The molecule has 6 nitrogen and oxygen atoms in total. The number of nitro groups is 1. The number of carbonyl (C=O) groups excluding carboxylic acids is 1. The van der Waals surface area contributed by atoms with Crippen molar-refractivity contribution in [2.45, 2.75) is 5.60 Å². The molecule has 0 saturated carbocycles. The largest absolute Gasteiger partial charge is 0.370 e. The number of hydrogen-bond donors (Lipinski definition) is 2. The minimum atomic E-state index is -2.29. The van der Waals surface area contributed by atoms with Gasteiger partial charge in [-0.3, -0.25) is 14.9 Å². The maximum absolute atomic E-state index is 12.4. The smallest absolute Gasteiger partial charge is 0.268 e. The molecule has 22 heavy (non-hydrogen) atoms. The lowest BCUT2D eigenvalue weighted by atomic mass is 9.92. The molecule has 1 atom stereocenters. The average Bonchev–Trinajstić information content (AvgIpc) is 2.48. The first-order chi connectivity index (χ1) is 10.4. The minimum Gasteiger partial charge on any atom is -0.370 e. The van der Waals surface area contributed by atoms with Crippen molar-refractivity contribution >= 4 is 23.2 Å². The van der Waals surface area contributed by atoms with Crippen LogP contribution in [0.25, 0.3) is 0 Å². The van der Waals surface area contributed by atoms with Crippen molar-refractivity contribution in [2.24, 2.45) is 0 Å². The first kappa shape index (κ1) is 15.9. The van der Waals surface area contributed by atoms with Crippen LogP contribution in [-0.4, -0.2) is 22.5 Å². The topological polar surface area (TPSA) is 92.5 Å². The van der Waals surface area contributed by atoms with E-state index in [2.05, 4.69) is 5.32 Å². The Morgan fingerprint density at radius 2 is 1.77 bits per heavy atom. The van der Waals surface area contributed by atoms with Crippen LogP contribution < -0.4 is 5.32 Å². The number of aliphatic hydroxyl groups is 1. The maximum atomic E-state index is 12.4. The summed E-state index contributed by atoms with van der Waals surface area (Å²) in [6, 6.07) is 14.1. The molecule has 0 aliphatic rings. The molecule has 114 valence electrons. The zero-order valence-electron chi connectivity index (χ0n) is 11.4. The summed E-state index contributed by atoms with van der Waals surface area (Å²) in [7, 11) is 0. The van der Waals surface area contributed by atoms with Gasteiger partial charge < -0.3 is 10.4 Å². The van der Waals surface area contributed by atoms with E-state index in [4.69, 9.17) is 11.6 Å². The Morgan fingerprint density at radius 3 is 2.32 bits per heavy atom. The SMILES string of the molecule is O=C(Nc1ccccc1)[C@@](O)(C[N+](=O)[O-])c1ccc(Cl)cc1. The van der Waals surface area contributed by atoms with Crippen LogP contribution in [0.15, 0.2) is 54.6 Å². The van der Waals surface area contributed by atoms with E-state index in [1.165, 1.54) is 24.3 Å². The van der Waals surface area contributed by atoms with Gasteiger partial charge in [-0.2, -0.15) is 0 Å². The van der Waals surface area contributed by atoms with E-state index < -0.39 is 23.0 Å². The van der Waals surface area contributed by atoms with Gasteiger partial charge in [0.2, 0.25) is 12.1 Å². The van der Waals surface area contributed by atoms with Crippen LogP contribution in [0.5, 0.6) is 0 Å². The summed E-state index contributed by atoms with van der Waals surface area (Å²) in [5, 5.41) is 24.3. The lowest BCUT2D eigenvalue weighted by Crippen LogP contribution is -2.45. The van der Waals surface area contributed by atoms with E-state index in [0.717, 1.165) is 0 Å². The molecule has 0 radical (unpaired) electrons. The second kappa shape index (κ2) is 6.55. The van der Waals surface area contributed by atoms with Gasteiger partial charge in [0, 0.05) is 15.6 Å². The zero-order valence-corrected chi connectivity index (χ0v) is 12.2. The molecule has 2 aromatic carbocycles. The van der Waals surface area contributed by atoms with Crippen LogP contribution in [0.3, 0.4) is 0 Å². The number of nitrogens with zero attached hydrogens (tertiary/aromatic N) is 1. The van der Waals surface area contributed by atoms with Crippen LogP contribution in [0.1, 0.15) is 5.56 Å². The third kappa shape index (κ3) is 3.60. The summed E-state index contributed by atoms with van der Waals surface area (Å²) in [4.78, 5) is 22.5. The monoisotopic (exact) mass is 320 g/mol. The Bertz CT molecular complexity index is 676. The fourth-order valence-electron chi connectivity index (χ4n) is 1.96. The van der Waals surface area contributed by atoms with Gasteiger partial charge in [0.15, 0.2) is 0 Å². The van der Waals surface area contributed by atoms with Gasteiger partial charge in [-0.05, 0) is 29.8 Å². The lowest BCUT2D eigenvalue weighted by molar-refractivity contribution is -0.498. The average molecular weight is 321 g/mol. The van der Waals surface area contributed by atoms with E-state index >= 15 is 0 Å². The van der Waals surface area contributed by atoms with Gasteiger partial charge in [0.05, 0.1) is 0 Å². The summed E-state index contributed by atoms with van der Waals surface area (Å²) in [6.45, 7) is -0.951. The van der Waals surface area contributed by atoms with Crippen molar-refractivity contribution in [3.8, 4) is 0 Å². The molecule has 0 heterocycles. The van der Waals surface area contributed by atoms with Gasteiger partial charge in [0.25, 0.3) is 5.91 Å². The fraction of sp³-hybridized carbons (Fsp3) is 0.133. The quantitative estimate of drug-likeness (QED) is 0.653. The van der Waals surface area contributed by atoms with Crippen molar-refractivity contribution < 1.29 is 14.8 Å². The predicted octanol–water partition coefficient (Wildman–Crippen LogP) is 2.44. The molecule has 0 aliphatic carbocycles. The molecular formula is C15H13ClN2O4. The second-order valence-electron chi connectivity index (χ2n) is 4.68. The van der Waals surface area contributed by atoms with E-state index in [-0.39, 0.29) is 5.56 Å². The first-order valence-electron chi connectivity index (χ1n) is 6.38. The number of amides is 1. The highest BCUT2D eigenvalue weighted by molar-refractivity contribution is 6.30. The highest BCUT2D eigenvalue weighted by Crippen LogP contribution is 2.25. The molecule has 0 unspecified atom stereocenters. The normalized spacial score (nSPS) is 13.2. The van der Waals surface area contributed by atoms with Gasteiger partial charge >= 0.3 is 0 Å². The number of carbonyl (C=O) groups is 1. The van der Waals surface area contributed by atoms with E-state index in [1.807, 2.05) is 0 Å². The standard InChI is InChI=1S/C15H13ClN2O4/c16-12-8-6-11(7-9-12)15(20,10-18(21)22)14(19)17-13-4-2-1-3-5-13/h1-9,20H,10H2,(H,17,19)/t15-/m1/s1. The molecule has 0 aromatic heterocycles. The van der Waals surface area contributed by atoms with Gasteiger partial charge in [-0.15, -0.1) is 0 Å². The summed E-state index contributed by atoms with van der Waals surface area (Å²) in [6.07, 6.45) is 0. The summed E-state index contributed by atoms with van der Waals surface area (Å²) in [5.41, 5.74) is -1.76. The van der Waals surface area contributed by atoms with Crippen LogP contribution in [0, 0.1) is 10.1 Å². The molecule has 7 heteroatoms. The van der Waals surface area contributed by atoms with Crippen molar-refractivity contribution in [1.82, 2.24) is 0 Å². The molecular weight excluding hydrogens is 308 g/mol. The Balaban J connectivity index is 2.34. The van der Waals surface area contributed by atoms with Crippen LogP contribution in [-0.2, 0) is 10.4 Å². The van der Waals surface area contributed by atoms with E-state index in [1.54, 1.807) is 30.3 Å². The number of rotatable bonds is 5. The lowest BCUT2D eigenvalue weighted by Gasteiger charge is -2.23. The Labute approximate surface area is 131 Å². The number of benzene rings is 2. The highest BCUT2D eigenvalue weighted by atomic mass is 35.5. The Kier molecular flexibility index (Phi) is 4.75. The van der Waals surface area contributed by atoms with Crippen molar-refractivity contribution in [3.63, 3.8) is 0 Å². The second-order valence-corrected chi connectivity index (χ2v) is 5.11. The summed E-state index contributed by atoms with van der Waals surface area (Å²) >= 11 is 5.76. The summed E-state index contributed by atoms with van der Waals surface area (Å²) < 4.78 is 0. The number of hydrogen-bond acceptors (Lipinski definition) is 4. The fourth-order valence-corrected chi connectivity index (χ4v) is 2.09. The Morgan fingerprint density at radius 1 is 1.18 bits per heavy atom. The molecule has 0 bridgehead atoms. The molecule has 0 aliphatic heterocycles. The van der Waals surface area contributed by atoms with Gasteiger partial charge in [0.1, 0.15) is 0 Å². The number of anilines is 1.